The topological polar surface area (TPSA) is 8.29 Å². The van der Waals surface area contributed by atoms with Gasteiger partial charge < -0.3 is 4.40 Å². The van der Waals surface area contributed by atoms with Crippen molar-refractivity contribution in [2.45, 2.75) is 54.4 Å². The summed E-state index contributed by atoms with van der Waals surface area (Å²) in [7, 11) is 2.19. The van der Waals surface area contributed by atoms with E-state index < -0.39 is 0 Å². The van der Waals surface area contributed by atoms with Crippen molar-refractivity contribution >= 4 is 49.0 Å². The monoisotopic (exact) mass is 447 g/mol. The van der Waals surface area contributed by atoms with E-state index in [2.05, 4.69) is 112 Å². The van der Waals surface area contributed by atoms with Gasteiger partial charge in [-0.1, -0.05) is 58.9 Å². The second-order valence-electron chi connectivity index (χ2n) is 12.0. The van der Waals surface area contributed by atoms with Gasteiger partial charge in [-0.2, -0.15) is 0 Å². The van der Waals surface area contributed by atoms with E-state index in [1.165, 1.54) is 65.7 Å². The summed E-state index contributed by atoms with van der Waals surface area (Å²) in [6.45, 7) is 13.9. The van der Waals surface area contributed by atoms with Gasteiger partial charge in [-0.05, 0) is 71.4 Å². The number of aryl methyl sites for hydroxylation is 2. The van der Waals surface area contributed by atoms with E-state index in [9.17, 15) is 0 Å². The zero-order valence-electron chi connectivity index (χ0n) is 21.6. The van der Waals surface area contributed by atoms with Gasteiger partial charge in [-0.25, -0.2) is 4.57 Å². The van der Waals surface area contributed by atoms with E-state index in [0.717, 1.165) is 12.8 Å². The van der Waals surface area contributed by atoms with E-state index in [4.69, 9.17) is 0 Å². The molecule has 0 spiro atoms. The van der Waals surface area contributed by atoms with Crippen LogP contribution < -0.4 is 4.57 Å². The van der Waals surface area contributed by atoms with Crippen LogP contribution in [0, 0.1) is 18.3 Å². The van der Waals surface area contributed by atoms with Crippen LogP contribution in [0.2, 0.25) is 0 Å². The molecule has 3 aromatic carbocycles. The second kappa shape index (κ2) is 7.18. The molecule has 0 aliphatic rings. The van der Waals surface area contributed by atoms with Gasteiger partial charge in [0.25, 0.3) is 0 Å². The van der Waals surface area contributed by atoms with Crippen molar-refractivity contribution in [3.05, 3.63) is 71.4 Å². The van der Waals surface area contributed by atoms with E-state index in [1.54, 1.807) is 0 Å². The first-order valence-electron chi connectivity index (χ1n) is 12.6. The summed E-state index contributed by atoms with van der Waals surface area (Å²) in [6.07, 6.45) is 4.41. The number of benzene rings is 3. The Balaban J connectivity index is 1.86. The largest absolute Gasteiger partial charge is 0.307 e. The number of aromatic nitrogens is 2. The van der Waals surface area contributed by atoms with Crippen molar-refractivity contribution in [1.82, 2.24) is 4.40 Å². The molecule has 3 heterocycles. The maximum atomic E-state index is 2.56. The first-order valence-corrected chi connectivity index (χ1v) is 12.6. The molecule has 0 aliphatic heterocycles. The molecule has 6 rings (SSSR count). The third kappa shape index (κ3) is 3.11. The molecule has 2 nitrogen and oxygen atoms in total. The molecule has 0 atom stereocenters. The fourth-order valence-corrected chi connectivity index (χ4v) is 6.14. The molecule has 0 N–H and O–H groups in total. The van der Waals surface area contributed by atoms with Crippen molar-refractivity contribution in [2.24, 2.45) is 18.4 Å². The molecular formula is C32H35N2+. The Morgan fingerprint density at radius 2 is 1.65 bits per heavy atom. The van der Waals surface area contributed by atoms with Gasteiger partial charge in [-0.15, -0.1) is 0 Å². The highest BCUT2D eigenvalue weighted by Gasteiger charge is 2.24. The summed E-state index contributed by atoms with van der Waals surface area (Å²) >= 11 is 0. The first-order chi connectivity index (χ1) is 16.1. The Morgan fingerprint density at radius 1 is 0.853 bits per heavy atom. The van der Waals surface area contributed by atoms with Crippen LogP contribution in [-0.4, -0.2) is 4.40 Å². The molecule has 0 amide bonds. The molecule has 0 saturated heterocycles. The Hall–Kier alpha value is -3.13. The van der Waals surface area contributed by atoms with Crippen molar-refractivity contribution in [3.63, 3.8) is 0 Å². The van der Waals surface area contributed by atoms with Crippen molar-refractivity contribution in [1.29, 1.82) is 0 Å². The summed E-state index contributed by atoms with van der Waals surface area (Å²) in [5, 5.41) is 6.83. The van der Waals surface area contributed by atoms with Crippen LogP contribution in [0.5, 0.6) is 0 Å². The van der Waals surface area contributed by atoms with E-state index in [0.29, 0.717) is 5.92 Å². The maximum Gasteiger partial charge on any atom is 0.224 e. The van der Waals surface area contributed by atoms with Gasteiger partial charge in [0, 0.05) is 16.8 Å². The van der Waals surface area contributed by atoms with E-state index in [1.807, 2.05) is 0 Å². The molecule has 2 heteroatoms. The lowest BCUT2D eigenvalue weighted by Crippen LogP contribution is -2.29. The average Bonchev–Trinajstić information content (AvgIpc) is 3.06. The fourth-order valence-electron chi connectivity index (χ4n) is 6.14. The van der Waals surface area contributed by atoms with Crippen LogP contribution >= 0.6 is 0 Å². The summed E-state index contributed by atoms with van der Waals surface area (Å²) in [5.41, 5.74) is 9.81. The number of hydrogen-bond donors (Lipinski definition) is 0. The zero-order valence-corrected chi connectivity index (χ0v) is 21.6. The number of fused-ring (bicyclic) bond motifs is 5. The maximum absolute atomic E-state index is 2.56. The highest BCUT2D eigenvalue weighted by molar-refractivity contribution is 6.25. The van der Waals surface area contributed by atoms with E-state index >= 15 is 0 Å². The molecule has 0 saturated carbocycles. The van der Waals surface area contributed by atoms with Crippen LogP contribution in [0.15, 0.2) is 54.7 Å². The summed E-state index contributed by atoms with van der Waals surface area (Å²) in [4.78, 5) is 0. The van der Waals surface area contributed by atoms with Crippen LogP contribution in [0.1, 0.15) is 51.3 Å². The molecule has 0 unspecified atom stereocenters. The minimum absolute atomic E-state index is 0.267. The average molecular weight is 448 g/mol. The van der Waals surface area contributed by atoms with Gasteiger partial charge >= 0.3 is 0 Å². The molecular weight excluding hydrogens is 412 g/mol. The number of pyridine rings is 2. The number of hydrogen-bond acceptors (Lipinski definition) is 0. The lowest BCUT2D eigenvalue weighted by atomic mass is 9.88. The quantitative estimate of drug-likeness (QED) is 0.148. The lowest BCUT2D eigenvalue weighted by Gasteiger charge is -2.18. The van der Waals surface area contributed by atoms with Crippen LogP contribution in [0.3, 0.4) is 0 Å². The highest BCUT2D eigenvalue weighted by atomic mass is 15.0. The Bertz CT molecular complexity index is 1720. The van der Waals surface area contributed by atoms with Gasteiger partial charge in [0.1, 0.15) is 7.05 Å². The summed E-state index contributed by atoms with van der Waals surface area (Å²) < 4.78 is 4.88. The molecule has 0 bridgehead atoms. The second-order valence-corrected chi connectivity index (χ2v) is 12.0. The minimum Gasteiger partial charge on any atom is -0.307 e. The minimum atomic E-state index is 0.267. The van der Waals surface area contributed by atoms with Crippen molar-refractivity contribution < 1.29 is 4.57 Å². The standard InChI is InChI=1S/C32H35N2/c1-19(2)14-22-15-23-12-13-33(7)31-28-20(3)8-10-24-25-16-21(18-32(4,5)6)9-11-26(25)34(30(24)28)27(17-22)29(23)31/h8-13,15-17,19H,14,18H2,1-7H3/q+1. The third-order valence-corrected chi connectivity index (χ3v) is 7.33. The van der Waals surface area contributed by atoms with Crippen molar-refractivity contribution in [2.75, 3.05) is 0 Å². The summed E-state index contributed by atoms with van der Waals surface area (Å²) in [5.74, 6) is 0.628. The molecule has 172 valence electrons. The lowest BCUT2D eigenvalue weighted by molar-refractivity contribution is -0.643. The summed E-state index contributed by atoms with van der Waals surface area (Å²) in [6, 6.07) is 19.0. The highest BCUT2D eigenvalue weighted by Crippen LogP contribution is 2.41. The number of nitrogens with zero attached hydrogens (tertiary/aromatic N) is 2. The smallest absolute Gasteiger partial charge is 0.224 e. The SMILES string of the molecule is Cc1ccc2c3cc(CC(C)(C)C)ccc3n3c4cc(CC(C)C)cc5cc[n+](C)c(c1c23)c54. The van der Waals surface area contributed by atoms with E-state index in [-0.39, 0.29) is 5.41 Å². The van der Waals surface area contributed by atoms with Gasteiger partial charge in [0.2, 0.25) is 5.52 Å². The van der Waals surface area contributed by atoms with Crippen LogP contribution in [-0.2, 0) is 19.9 Å². The van der Waals surface area contributed by atoms with Crippen LogP contribution in [0.4, 0.5) is 0 Å². The molecule has 34 heavy (non-hydrogen) atoms. The molecule has 3 aromatic heterocycles. The van der Waals surface area contributed by atoms with Gasteiger partial charge in [0.05, 0.1) is 27.3 Å². The first kappa shape index (κ1) is 21.4. The zero-order chi connectivity index (χ0) is 23.9. The molecule has 6 aromatic rings. The Kier molecular flexibility index (Phi) is 4.52. The normalized spacial score (nSPS) is 13.1. The van der Waals surface area contributed by atoms with Crippen molar-refractivity contribution in [3.8, 4) is 0 Å². The van der Waals surface area contributed by atoms with Gasteiger partial charge in [-0.3, -0.25) is 0 Å². The Labute approximate surface area is 202 Å². The third-order valence-electron chi connectivity index (χ3n) is 7.33. The molecule has 0 fully saturated rings. The number of rotatable bonds is 3. The fraction of sp³-hybridized carbons (Fsp3) is 0.344. The Morgan fingerprint density at radius 3 is 2.38 bits per heavy atom. The predicted octanol–water partition coefficient (Wildman–Crippen LogP) is 7.91. The predicted molar refractivity (Wildman–Crippen MR) is 146 cm³/mol. The van der Waals surface area contributed by atoms with Gasteiger partial charge in [0.15, 0.2) is 6.20 Å². The molecule has 0 aliphatic carbocycles. The molecule has 0 radical (unpaired) electrons. The van der Waals surface area contributed by atoms with Crippen LogP contribution in [0.25, 0.3) is 49.0 Å².